The summed E-state index contributed by atoms with van der Waals surface area (Å²) in [5.41, 5.74) is 0. The summed E-state index contributed by atoms with van der Waals surface area (Å²) in [6.07, 6.45) is -3.91. The van der Waals surface area contributed by atoms with Crippen molar-refractivity contribution >= 4 is 0 Å². The third kappa shape index (κ3) is 1.60. The van der Waals surface area contributed by atoms with Gasteiger partial charge >= 0.3 is 0 Å². The zero-order chi connectivity index (χ0) is 6.85. The van der Waals surface area contributed by atoms with Gasteiger partial charge in [0.1, 0.15) is 6.61 Å². The Labute approximate surface area is 51.4 Å². The molecule has 0 aromatic carbocycles. The van der Waals surface area contributed by atoms with Gasteiger partial charge in [0, 0.05) is 0 Å². The summed E-state index contributed by atoms with van der Waals surface area (Å²) < 4.78 is 8.77. The Morgan fingerprint density at radius 1 is 1.11 bits per heavy atom. The van der Waals surface area contributed by atoms with Crippen molar-refractivity contribution in [2.75, 3.05) is 6.61 Å². The maximum atomic E-state index is 8.59. The van der Waals surface area contributed by atoms with E-state index in [0.29, 0.717) is 0 Å². The third-order valence-electron chi connectivity index (χ3n) is 0.950. The number of rotatable bonds is 0. The molecule has 0 saturated carbocycles. The second kappa shape index (κ2) is 2.59. The standard InChI is InChI=1S/C4H8O5/c5-2-1-8-3(6)4(7)9-2/h2-7H,1H2/t2-,3-,4?/m0/s1. The molecular formula is C4H8O5. The molecule has 54 valence electrons. The largest absolute Gasteiger partial charge is 0.366 e. The van der Waals surface area contributed by atoms with E-state index in [1.807, 2.05) is 0 Å². The monoisotopic (exact) mass is 136 g/mol. The number of aliphatic hydroxyl groups excluding tert-OH is 3. The smallest absolute Gasteiger partial charge is 0.209 e. The summed E-state index contributed by atoms with van der Waals surface area (Å²) in [6.45, 7) is -0.113. The molecular weight excluding hydrogens is 128 g/mol. The number of aliphatic hydroxyl groups is 3. The minimum absolute atomic E-state index is 0.113. The molecule has 0 aromatic heterocycles. The van der Waals surface area contributed by atoms with Crippen molar-refractivity contribution in [3.8, 4) is 0 Å². The molecule has 3 atom stereocenters. The fourth-order valence-electron chi connectivity index (χ4n) is 0.531. The lowest BCUT2D eigenvalue weighted by molar-refractivity contribution is -0.351. The zero-order valence-corrected chi connectivity index (χ0v) is 4.60. The molecule has 0 aromatic rings. The molecule has 0 bridgehead atoms. The van der Waals surface area contributed by atoms with Crippen LogP contribution in [0.15, 0.2) is 0 Å². The van der Waals surface area contributed by atoms with Crippen LogP contribution >= 0.6 is 0 Å². The normalized spacial score (nSPS) is 45.0. The van der Waals surface area contributed by atoms with E-state index in [2.05, 4.69) is 9.47 Å². The van der Waals surface area contributed by atoms with Gasteiger partial charge in [-0.1, -0.05) is 0 Å². The molecule has 0 spiro atoms. The van der Waals surface area contributed by atoms with E-state index in [0.717, 1.165) is 0 Å². The van der Waals surface area contributed by atoms with Gasteiger partial charge in [-0.05, 0) is 0 Å². The summed E-state index contributed by atoms with van der Waals surface area (Å²) in [4.78, 5) is 0. The summed E-state index contributed by atoms with van der Waals surface area (Å²) in [6, 6.07) is 0. The third-order valence-corrected chi connectivity index (χ3v) is 0.950. The van der Waals surface area contributed by atoms with Crippen LogP contribution in [0.4, 0.5) is 0 Å². The first kappa shape index (κ1) is 6.91. The lowest BCUT2D eigenvalue weighted by atomic mass is 10.5. The highest BCUT2D eigenvalue weighted by atomic mass is 16.8. The first-order valence-electron chi connectivity index (χ1n) is 2.51. The van der Waals surface area contributed by atoms with Gasteiger partial charge in [0.25, 0.3) is 0 Å². The lowest BCUT2D eigenvalue weighted by Gasteiger charge is -2.27. The molecule has 3 N–H and O–H groups in total. The van der Waals surface area contributed by atoms with E-state index in [-0.39, 0.29) is 6.61 Å². The predicted octanol–water partition coefficient (Wildman–Crippen LogP) is -2.01. The topological polar surface area (TPSA) is 79.2 Å². The molecule has 5 nitrogen and oxygen atoms in total. The van der Waals surface area contributed by atoms with Crippen LogP contribution < -0.4 is 0 Å². The van der Waals surface area contributed by atoms with Crippen molar-refractivity contribution < 1.29 is 24.8 Å². The number of hydrogen-bond donors (Lipinski definition) is 3. The van der Waals surface area contributed by atoms with Crippen LogP contribution in [0.25, 0.3) is 0 Å². The molecule has 0 amide bonds. The highest BCUT2D eigenvalue weighted by molar-refractivity contribution is 4.53. The number of hydrogen-bond acceptors (Lipinski definition) is 5. The Kier molecular flexibility index (Phi) is 1.99. The Balaban J connectivity index is 2.35. The molecule has 1 saturated heterocycles. The van der Waals surface area contributed by atoms with E-state index < -0.39 is 18.9 Å². The van der Waals surface area contributed by atoms with Crippen molar-refractivity contribution in [2.24, 2.45) is 0 Å². The molecule has 5 heteroatoms. The second-order valence-electron chi connectivity index (χ2n) is 1.71. The molecule has 1 aliphatic heterocycles. The van der Waals surface area contributed by atoms with Crippen molar-refractivity contribution in [1.82, 2.24) is 0 Å². The average Bonchev–Trinajstić information content (AvgIpc) is 1.80. The molecule has 0 aliphatic carbocycles. The SMILES string of the molecule is OC1O[C@H](O)CO[C@@H]1O. The van der Waals surface area contributed by atoms with Gasteiger partial charge in [0.15, 0.2) is 6.29 Å². The van der Waals surface area contributed by atoms with Gasteiger partial charge in [-0.25, -0.2) is 0 Å². The summed E-state index contributed by atoms with van der Waals surface area (Å²) >= 11 is 0. The fourth-order valence-corrected chi connectivity index (χ4v) is 0.531. The summed E-state index contributed by atoms with van der Waals surface area (Å²) in [5.74, 6) is 0. The van der Waals surface area contributed by atoms with Gasteiger partial charge in [-0.15, -0.1) is 0 Å². The van der Waals surface area contributed by atoms with Crippen molar-refractivity contribution in [1.29, 1.82) is 0 Å². The molecule has 1 aliphatic rings. The Hall–Kier alpha value is -0.200. The summed E-state index contributed by atoms with van der Waals surface area (Å²) in [5, 5.41) is 25.8. The van der Waals surface area contributed by atoms with E-state index in [9.17, 15) is 0 Å². The van der Waals surface area contributed by atoms with Crippen LogP contribution in [0.2, 0.25) is 0 Å². The van der Waals surface area contributed by atoms with Gasteiger partial charge in [0.2, 0.25) is 12.6 Å². The minimum atomic E-state index is -1.44. The first-order valence-corrected chi connectivity index (χ1v) is 2.51. The molecule has 1 fully saturated rings. The van der Waals surface area contributed by atoms with Crippen molar-refractivity contribution in [2.45, 2.75) is 18.9 Å². The van der Waals surface area contributed by atoms with Crippen LogP contribution in [0.1, 0.15) is 0 Å². The fraction of sp³-hybridized carbons (Fsp3) is 1.00. The molecule has 1 rings (SSSR count). The average molecular weight is 136 g/mol. The van der Waals surface area contributed by atoms with Crippen LogP contribution in [0.3, 0.4) is 0 Å². The van der Waals surface area contributed by atoms with Gasteiger partial charge in [-0.3, -0.25) is 0 Å². The first-order chi connectivity index (χ1) is 4.20. The van der Waals surface area contributed by atoms with E-state index in [1.165, 1.54) is 0 Å². The van der Waals surface area contributed by atoms with Crippen LogP contribution in [-0.2, 0) is 9.47 Å². The lowest BCUT2D eigenvalue weighted by Crippen LogP contribution is -2.43. The molecule has 9 heavy (non-hydrogen) atoms. The zero-order valence-electron chi connectivity index (χ0n) is 4.60. The van der Waals surface area contributed by atoms with Crippen LogP contribution in [0, 0.1) is 0 Å². The van der Waals surface area contributed by atoms with Gasteiger partial charge in [-0.2, -0.15) is 0 Å². The van der Waals surface area contributed by atoms with E-state index in [1.54, 1.807) is 0 Å². The van der Waals surface area contributed by atoms with Crippen molar-refractivity contribution in [3.63, 3.8) is 0 Å². The van der Waals surface area contributed by atoms with Crippen LogP contribution in [0.5, 0.6) is 0 Å². The van der Waals surface area contributed by atoms with E-state index >= 15 is 0 Å². The quantitative estimate of drug-likeness (QED) is 0.358. The van der Waals surface area contributed by atoms with E-state index in [4.69, 9.17) is 15.3 Å². The Bertz CT molecular complexity index is 95.0. The molecule has 1 unspecified atom stereocenters. The highest BCUT2D eigenvalue weighted by Crippen LogP contribution is 2.07. The van der Waals surface area contributed by atoms with Gasteiger partial charge < -0.3 is 24.8 Å². The molecule has 0 radical (unpaired) electrons. The second-order valence-corrected chi connectivity index (χ2v) is 1.71. The maximum Gasteiger partial charge on any atom is 0.209 e. The van der Waals surface area contributed by atoms with Crippen LogP contribution in [-0.4, -0.2) is 40.8 Å². The van der Waals surface area contributed by atoms with Crippen molar-refractivity contribution in [3.05, 3.63) is 0 Å². The maximum absolute atomic E-state index is 8.59. The molecule has 1 heterocycles. The highest BCUT2D eigenvalue weighted by Gasteiger charge is 2.27. The number of ether oxygens (including phenoxy) is 2. The predicted molar refractivity (Wildman–Crippen MR) is 25.1 cm³/mol. The minimum Gasteiger partial charge on any atom is -0.366 e. The summed E-state index contributed by atoms with van der Waals surface area (Å²) in [7, 11) is 0. The Morgan fingerprint density at radius 2 is 1.78 bits per heavy atom. The Morgan fingerprint density at radius 3 is 2.22 bits per heavy atom. The van der Waals surface area contributed by atoms with Gasteiger partial charge in [0.05, 0.1) is 0 Å².